The average Bonchev–Trinajstić information content (AvgIpc) is 2.49. The minimum atomic E-state index is 0.535. The van der Waals surface area contributed by atoms with E-state index in [-0.39, 0.29) is 0 Å². The van der Waals surface area contributed by atoms with Gasteiger partial charge in [-0.2, -0.15) is 0 Å². The highest BCUT2D eigenvalue weighted by atomic mass is 35.5. The van der Waals surface area contributed by atoms with Crippen molar-refractivity contribution in [3.8, 4) is 11.6 Å². The fourth-order valence-corrected chi connectivity index (χ4v) is 2.12. The molecule has 0 aliphatic rings. The van der Waals surface area contributed by atoms with Gasteiger partial charge in [0.2, 0.25) is 5.88 Å². The predicted octanol–water partition coefficient (Wildman–Crippen LogP) is 3.90. The molecule has 2 rings (SSSR count). The molecule has 4 nitrogen and oxygen atoms in total. The summed E-state index contributed by atoms with van der Waals surface area (Å²) in [6.07, 6.45) is 0.814. The summed E-state index contributed by atoms with van der Waals surface area (Å²) in [5.41, 5.74) is 2.70. The van der Waals surface area contributed by atoms with Gasteiger partial charge in [-0.15, -0.1) is 0 Å². The van der Waals surface area contributed by atoms with Gasteiger partial charge in [0.15, 0.2) is 5.75 Å². The minimum Gasteiger partial charge on any atom is -0.437 e. The van der Waals surface area contributed by atoms with Crippen LogP contribution in [0.25, 0.3) is 0 Å². The van der Waals surface area contributed by atoms with Crippen LogP contribution in [0.3, 0.4) is 0 Å². The molecular formula is C16H20ClN3O. The Balaban J connectivity index is 2.23. The van der Waals surface area contributed by atoms with Crippen LogP contribution in [-0.2, 0) is 13.0 Å². The molecule has 21 heavy (non-hydrogen) atoms. The highest BCUT2D eigenvalue weighted by Crippen LogP contribution is 2.25. The molecular weight excluding hydrogens is 286 g/mol. The number of rotatable bonds is 6. The number of hydrogen-bond acceptors (Lipinski definition) is 4. The van der Waals surface area contributed by atoms with E-state index in [1.54, 1.807) is 6.07 Å². The highest BCUT2D eigenvalue weighted by molar-refractivity contribution is 6.31. The molecule has 0 radical (unpaired) electrons. The maximum absolute atomic E-state index is 6.14. The number of nitrogens with zero attached hydrogens (tertiary/aromatic N) is 2. The molecule has 1 N–H and O–H groups in total. The number of aryl methyl sites for hydroxylation is 2. The molecule has 0 saturated heterocycles. The number of nitrogens with one attached hydrogen (secondary N) is 1. The predicted molar refractivity (Wildman–Crippen MR) is 85.1 cm³/mol. The summed E-state index contributed by atoms with van der Waals surface area (Å²) in [5.74, 6) is 1.28. The molecule has 0 aromatic carbocycles. The molecule has 0 bridgehead atoms. The minimum absolute atomic E-state index is 0.535. The van der Waals surface area contributed by atoms with Gasteiger partial charge in [0.25, 0.3) is 0 Å². The molecule has 2 aromatic rings. The van der Waals surface area contributed by atoms with Crippen LogP contribution in [-0.4, -0.2) is 16.5 Å². The molecule has 0 atom stereocenters. The van der Waals surface area contributed by atoms with E-state index in [0.717, 1.165) is 35.8 Å². The second kappa shape index (κ2) is 7.38. The Kier molecular flexibility index (Phi) is 5.53. The van der Waals surface area contributed by atoms with Crippen molar-refractivity contribution in [2.75, 3.05) is 6.54 Å². The van der Waals surface area contributed by atoms with Crippen molar-refractivity contribution in [1.82, 2.24) is 15.3 Å². The van der Waals surface area contributed by atoms with Crippen LogP contribution >= 0.6 is 11.6 Å². The van der Waals surface area contributed by atoms with Gasteiger partial charge in [0.1, 0.15) is 0 Å². The summed E-state index contributed by atoms with van der Waals surface area (Å²) >= 11 is 6.14. The Morgan fingerprint density at radius 1 is 1.10 bits per heavy atom. The standard InChI is InChI=1S/C16H20ClN3O/c1-4-13-15(8-6-11(3)19-13)21-16-9-7-12(17)14(20-16)10-18-5-2/h6-9,18H,4-5,10H2,1-3H3. The molecule has 0 saturated carbocycles. The lowest BCUT2D eigenvalue weighted by molar-refractivity contribution is 0.451. The smallest absolute Gasteiger partial charge is 0.219 e. The summed E-state index contributed by atoms with van der Waals surface area (Å²) in [6.45, 7) is 7.56. The van der Waals surface area contributed by atoms with E-state index in [4.69, 9.17) is 16.3 Å². The number of pyridine rings is 2. The van der Waals surface area contributed by atoms with Gasteiger partial charge in [-0.1, -0.05) is 25.4 Å². The Labute approximate surface area is 130 Å². The third-order valence-corrected chi connectivity index (χ3v) is 3.40. The number of hydrogen-bond donors (Lipinski definition) is 1. The topological polar surface area (TPSA) is 47.0 Å². The Morgan fingerprint density at radius 2 is 1.90 bits per heavy atom. The SMILES string of the molecule is CCNCc1nc(Oc2ccc(C)nc2CC)ccc1Cl. The van der Waals surface area contributed by atoms with E-state index in [0.29, 0.717) is 17.4 Å². The van der Waals surface area contributed by atoms with Crippen molar-refractivity contribution in [3.05, 3.63) is 46.4 Å². The van der Waals surface area contributed by atoms with Crippen LogP contribution in [0, 0.1) is 6.92 Å². The molecule has 112 valence electrons. The van der Waals surface area contributed by atoms with E-state index in [2.05, 4.69) is 22.2 Å². The second-order valence-corrected chi connectivity index (χ2v) is 5.12. The molecule has 2 heterocycles. The van der Waals surface area contributed by atoms with Gasteiger partial charge in [-0.05, 0) is 38.1 Å². The van der Waals surface area contributed by atoms with Crippen LogP contribution in [0.4, 0.5) is 0 Å². The third kappa shape index (κ3) is 4.16. The molecule has 5 heteroatoms. The van der Waals surface area contributed by atoms with Gasteiger partial charge < -0.3 is 10.1 Å². The monoisotopic (exact) mass is 305 g/mol. The van der Waals surface area contributed by atoms with Gasteiger partial charge >= 0.3 is 0 Å². The maximum atomic E-state index is 6.14. The van der Waals surface area contributed by atoms with E-state index in [1.807, 2.05) is 32.0 Å². The lowest BCUT2D eigenvalue weighted by Crippen LogP contribution is -2.13. The molecule has 0 amide bonds. The van der Waals surface area contributed by atoms with E-state index >= 15 is 0 Å². The zero-order chi connectivity index (χ0) is 15.2. The Morgan fingerprint density at radius 3 is 2.62 bits per heavy atom. The number of aromatic nitrogens is 2. The Hall–Kier alpha value is -1.65. The molecule has 0 aliphatic heterocycles. The zero-order valence-corrected chi connectivity index (χ0v) is 13.4. The van der Waals surface area contributed by atoms with Crippen LogP contribution in [0.2, 0.25) is 5.02 Å². The zero-order valence-electron chi connectivity index (χ0n) is 12.6. The van der Waals surface area contributed by atoms with Crippen molar-refractivity contribution in [1.29, 1.82) is 0 Å². The average molecular weight is 306 g/mol. The first-order valence-electron chi connectivity index (χ1n) is 7.14. The normalized spacial score (nSPS) is 10.7. The number of halogens is 1. The van der Waals surface area contributed by atoms with Crippen molar-refractivity contribution in [2.45, 2.75) is 33.7 Å². The first-order valence-corrected chi connectivity index (χ1v) is 7.52. The van der Waals surface area contributed by atoms with Crippen LogP contribution < -0.4 is 10.1 Å². The van der Waals surface area contributed by atoms with Gasteiger partial charge in [0.05, 0.1) is 16.4 Å². The van der Waals surface area contributed by atoms with E-state index < -0.39 is 0 Å². The highest BCUT2D eigenvalue weighted by Gasteiger charge is 2.09. The summed E-state index contributed by atoms with van der Waals surface area (Å²) in [4.78, 5) is 8.94. The molecule has 0 spiro atoms. The molecule has 2 aromatic heterocycles. The van der Waals surface area contributed by atoms with Gasteiger partial charge in [0, 0.05) is 18.3 Å². The lowest BCUT2D eigenvalue weighted by Gasteiger charge is -2.11. The largest absolute Gasteiger partial charge is 0.437 e. The third-order valence-electron chi connectivity index (χ3n) is 3.06. The van der Waals surface area contributed by atoms with Crippen LogP contribution in [0.15, 0.2) is 24.3 Å². The van der Waals surface area contributed by atoms with Gasteiger partial charge in [-0.25, -0.2) is 4.98 Å². The van der Waals surface area contributed by atoms with Gasteiger partial charge in [-0.3, -0.25) is 4.98 Å². The molecule has 0 unspecified atom stereocenters. The first kappa shape index (κ1) is 15.7. The van der Waals surface area contributed by atoms with Crippen molar-refractivity contribution in [3.63, 3.8) is 0 Å². The fraction of sp³-hybridized carbons (Fsp3) is 0.375. The lowest BCUT2D eigenvalue weighted by atomic mass is 10.2. The van der Waals surface area contributed by atoms with Crippen LogP contribution in [0.5, 0.6) is 11.6 Å². The second-order valence-electron chi connectivity index (χ2n) is 4.71. The van der Waals surface area contributed by atoms with Crippen LogP contribution in [0.1, 0.15) is 30.9 Å². The summed E-state index contributed by atoms with van der Waals surface area (Å²) < 4.78 is 5.87. The summed E-state index contributed by atoms with van der Waals surface area (Å²) in [6, 6.07) is 7.45. The fourth-order valence-electron chi connectivity index (χ4n) is 1.95. The van der Waals surface area contributed by atoms with Crippen molar-refractivity contribution < 1.29 is 4.74 Å². The Bertz CT molecular complexity index is 616. The maximum Gasteiger partial charge on any atom is 0.219 e. The first-order chi connectivity index (χ1) is 10.1. The summed E-state index contributed by atoms with van der Waals surface area (Å²) in [5, 5.41) is 3.85. The molecule has 0 aliphatic carbocycles. The van der Waals surface area contributed by atoms with Crippen molar-refractivity contribution >= 4 is 11.6 Å². The number of ether oxygens (including phenoxy) is 1. The summed E-state index contributed by atoms with van der Waals surface area (Å²) in [7, 11) is 0. The van der Waals surface area contributed by atoms with E-state index in [9.17, 15) is 0 Å². The van der Waals surface area contributed by atoms with E-state index in [1.165, 1.54) is 0 Å². The molecule has 0 fully saturated rings. The quantitative estimate of drug-likeness (QED) is 0.879. The van der Waals surface area contributed by atoms with Crippen molar-refractivity contribution in [2.24, 2.45) is 0 Å².